The summed E-state index contributed by atoms with van der Waals surface area (Å²) in [5.41, 5.74) is 9.35. The number of pyridine rings is 1. The predicted molar refractivity (Wildman–Crippen MR) is 137 cm³/mol. The quantitative estimate of drug-likeness (QED) is 0.391. The SMILES string of the molecule is c1cc(-c2c(C3CCCCC3)cc(C3CCCCC3)cc2C2CCCCC2)[n+]2c[nH]cc2c1. The number of benzene rings is 1. The van der Waals surface area contributed by atoms with Gasteiger partial charge in [0.1, 0.15) is 11.9 Å². The van der Waals surface area contributed by atoms with Crippen LogP contribution in [0.1, 0.15) is 131 Å². The number of hydrogen-bond donors (Lipinski definition) is 1. The van der Waals surface area contributed by atoms with Crippen LogP contribution in [0, 0.1) is 0 Å². The van der Waals surface area contributed by atoms with Gasteiger partial charge in [-0.3, -0.25) is 0 Å². The maximum Gasteiger partial charge on any atom is 0.247 e. The molecule has 0 radical (unpaired) electrons. The number of aromatic nitrogens is 2. The monoisotopic (exact) mass is 441 g/mol. The molecular formula is C31H41N2+. The summed E-state index contributed by atoms with van der Waals surface area (Å²) >= 11 is 0. The van der Waals surface area contributed by atoms with Crippen molar-refractivity contribution in [3.05, 3.63) is 59.5 Å². The van der Waals surface area contributed by atoms with Gasteiger partial charge in [-0.15, -0.1) is 0 Å². The highest BCUT2D eigenvalue weighted by Gasteiger charge is 2.30. The van der Waals surface area contributed by atoms with E-state index in [0.717, 1.165) is 17.8 Å². The first-order valence-corrected chi connectivity index (χ1v) is 14.0. The number of fused-ring (bicyclic) bond motifs is 1. The maximum absolute atomic E-state index is 3.37. The van der Waals surface area contributed by atoms with Gasteiger partial charge in [0.2, 0.25) is 6.33 Å². The number of rotatable bonds is 4. The normalized spacial score (nSPS) is 21.6. The molecule has 2 nitrogen and oxygen atoms in total. The summed E-state index contributed by atoms with van der Waals surface area (Å²) < 4.78 is 2.41. The van der Waals surface area contributed by atoms with Gasteiger partial charge in [0.15, 0.2) is 5.52 Å². The van der Waals surface area contributed by atoms with Crippen molar-refractivity contribution in [3.63, 3.8) is 0 Å². The van der Waals surface area contributed by atoms with Crippen molar-refractivity contribution in [1.82, 2.24) is 4.98 Å². The fourth-order valence-electron chi connectivity index (χ4n) is 7.35. The molecule has 0 saturated heterocycles. The number of imidazole rings is 1. The van der Waals surface area contributed by atoms with Crippen molar-refractivity contribution >= 4 is 5.52 Å². The molecule has 3 aliphatic carbocycles. The molecule has 0 aliphatic heterocycles. The van der Waals surface area contributed by atoms with Gasteiger partial charge >= 0.3 is 0 Å². The molecule has 0 unspecified atom stereocenters. The second-order valence-corrected chi connectivity index (χ2v) is 11.2. The van der Waals surface area contributed by atoms with Gasteiger partial charge in [-0.25, -0.2) is 4.98 Å². The van der Waals surface area contributed by atoms with E-state index in [2.05, 4.69) is 52.2 Å². The molecule has 3 aliphatic rings. The van der Waals surface area contributed by atoms with Crippen molar-refractivity contribution in [3.8, 4) is 11.3 Å². The molecule has 2 aromatic heterocycles. The van der Waals surface area contributed by atoms with E-state index < -0.39 is 0 Å². The smallest absolute Gasteiger partial charge is 0.247 e. The second-order valence-electron chi connectivity index (χ2n) is 11.2. The first-order chi connectivity index (χ1) is 16.4. The maximum atomic E-state index is 3.37. The third kappa shape index (κ3) is 4.27. The molecule has 174 valence electrons. The highest BCUT2D eigenvalue weighted by Crippen LogP contribution is 2.46. The molecule has 0 amide bonds. The van der Waals surface area contributed by atoms with E-state index in [1.807, 2.05) is 0 Å². The third-order valence-electron chi connectivity index (χ3n) is 9.14. The first kappa shape index (κ1) is 21.4. The number of aromatic amines is 1. The lowest BCUT2D eigenvalue weighted by Gasteiger charge is -2.32. The van der Waals surface area contributed by atoms with Gasteiger partial charge in [-0.1, -0.05) is 76.0 Å². The van der Waals surface area contributed by atoms with E-state index in [1.165, 1.54) is 108 Å². The van der Waals surface area contributed by atoms with Crippen LogP contribution >= 0.6 is 0 Å². The Bertz CT molecular complexity index is 1040. The largest absolute Gasteiger partial charge is 0.249 e. The Morgan fingerprint density at radius 3 is 1.76 bits per heavy atom. The van der Waals surface area contributed by atoms with Gasteiger partial charge in [0.25, 0.3) is 0 Å². The molecule has 0 bridgehead atoms. The summed E-state index contributed by atoms with van der Waals surface area (Å²) in [6.45, 7) is 0. The predicted octanol–water partition coefficient (Wildman–Crippen LogP) is 8.56. The highest BCUT2D eigenvalue weighted by molar-refractivity contribution is 5.70. The van der Waals surface area contributed by atoms with Gasteiger partial charge in [-0.2, -0.15) is 4.40 Å². The lowest BCUT2D eigenvalue weighted by atomic mass is 9.73. The van der Waals surface area contributed by atoms with Crippen molar-refractivity contribution in [2.75, 3.05) is 0 Å². The molecule has 2 heteroatoms. The molecule has 0 spiro atoms. The average molecular weight is 442 g/mol. The van der Waals surface area contributed by atoms with Crippen LogP contribution in [0.25, 0.3) is 16.8 Å². The number of nitrogens with one attached hydrogen (secondary N) is 1. The first-order valence-electron chi connectivity index (χ1n) is 14.0. The highest BCUT2D eigenvalue weighted by atomic mass is 15.0. The number of nitrogens with zero attached hydrogens (tertiary/aromatic N) is 1. The van der Waals surface area contributed by atoms with Crippen LogP contribution in [-0.4, -0.2) is 4.98 Å². The van der Waals surface area contributed by atoms with Crippen LogP contribution in [0.4, 0.5) is 0 Å². The van der Waals surface area contributed by atoms with Crippen LogP contribution in [-0.2, 0) is 0 Å². The molecule has 33 heavy (non-hydrogen) atoms. The fourth-order valence-corrected chi connectivity index (χ4v) is 7.35. The van der Waals surface area contributed by atoms with Crippen molar-refractivity contribution in [1.29, 1.82) is 0 Å². The Hall–Kier alpha value is -2.09. The molecule has 1 N–H and O–H groups in total. The van der Waals surface area contributed by atoms with E-state index in [9.17, 15) is 0 Å². The van der Waals surface area contributed by atoms with E-state index in [-0.39, 0.29) is 0 Å². The van der Waals surface area contributed by atoms with Crippen LogP contribution in [0.3, 0.4) is 0 Å². The third-order valence-corrected chi connectivity index (χ3v) is 9.14. The summed E-state index contributed by atoms with van der Waals surface area (Å²) in [4.78, 5) is 3.37. The van der Waals surface area contributed by atoms with E-state index in [4.69, 9.17) is 0 Å². The average Bonchev–Trinajstić information content (AvgIpc) is 3.39. The Morgan fingerprint density at radius 1 is 0.636 bits per heavy atom. The van der Waals surface area contributed by atoms with Gasteiger partial charge in [0, 0.05) is 5.56 Å². The standard InChI is InChI=1S/C31H40N2/c1-4-11-23(12-5-1)26-19-28(24-13-6-2-7-14-24)31(29(20-26)25-15-8-3-9-16-25)30-18-10-17-27-21-32-22-33(27)30/h10,17-25H,1-9,11-16H2/p+1. The van der Waals surface area contributed by atoms with Crippen LogP contribution < -0.4 is 4.40 Å². The Kier molecular flexibility index (Phi) is 6.27. The van der Waals surface area contributed by atoms with E-state index >= 15 is 0 Å². The summed E-state index contributed by atoms with van der Waals surface area (Å²) in [7, 11) is 0. The van der Waals surface area contributed by atoms with Gasteiger partial charge in [0.05, 0.1) is 0 Å². The molecule has 3 aromatic rings. The minimum Gasteiger partial charge on any atom is -0.249 e. The molecular weight excluding hydrogens is 400 g/mol. The van der Waals surface area contributed by atoms with Crippen LogP contribution in [0.2, 0.25) is 0 Å². The molecule has 2 heterocycles. The van der Waals surface area contributed by atoms with Gasteiger partial charge < -0.3 is 0 Å². The van der Waals surface area contributed by atoms with E-state index in [1.54, 1.807) is 22.3 Å². The summed E-state index contributed by atoms with van der Waals surface area (Å²) in [6.07, 6.45) is 25.3. The molecule has 3 saturated carbocycles. The summed E-state index contributed by atoms with van der Waals surface area (Å²) in [6, 6.07) is 12.3. The fraction of sp³-hybridized carbons (Fsp3) is 0.581. The molecule has 1 aromatic carbocycles. The second kappa shape index (κ2) is 9.65. The zero-order valence-corrected chi connectivity index (χ0v) is 20.3. The number of H-pyrrole nitrogens is 1. The lowest BCUT2D eigenvalue weighted by molar-refractivity contribution is -0.498. The van der Waals surface area contributed by atoms with Crippen molar-refractivity contribution in [2.24, 2.45) is 0 Å². The Morgan fingerprint density at radius 2 is 1.18 bits per heavy atom. The van der Waals surface area contributed by atoms with Crippen molar-refractivity contribution < 1.29 is 4.40 Å². The molecule has 6 rings (SSSR count). The minimum atomic E-state index is 0.731. The van der Waals surface area contributed by atoms with Crippen molar-refractivity contribution in [2.45, 2.75) is 114 Å². The van der Waals surface area contributed by atoms with Gasteiger partial charge in [-0.05, 0) is 85.1 Å². The minimum absolute atomic E-state index is 0.731. The molecule has 0 atom stereocenters. The molecule has 3 fully saturated rings. The Labute approximate surface area is 199 Å². The zero-order chi connectivity index (χ0) is 22.0. The lowest BCUT2D eigenvalue weighted by Crippen LogP contribution is -2.24. The topological polar surface area (TPSA) is 19.9 Å². The van der Waals surface area contributed by atoms with E-state index in [0.29, 0.717) is 0 Å². The van der Waals surface area contributed by atoms with Crippen LogP contribution in [0.15, 0.2) is 42.9 Å². The van der Waals surface area contributed by atoms with Crippen LogP contribution in [0.5, 0.6) is 0 Å². The zero-order valence-electron chi connectivity index (χ0n) is 20.3. The summed E-state index contributed by atoms with van der Waals surface area (Å²) in [5, 5.41) is 0. The summed E-state index contributed by atoms with van der Waals surface area (Å²) in [5.74, 6) is 2.25. The number of hydrogen-bond acceptors (Lipinski definition) is 0. The Balaban J connectivity index is 1.57.